The number of nitrogen functional groups attached to an aromatic ring is 1. The van der Waals surface area contributed by atoms with E-state index >= 15 is 0 Å². The Labute approximate surface area is 116 Å². The number of morpholine rings is 1. The fourth-order valence-electron chi connectivity index (χ4n) is 2.94. The van der Waals surface area contributed by atoms with E-state index in [0.29, 0.717) is 24.0 Å². The first-order chi connectivity index (χ1) is 9.00. The number of nitrogens with two attached hydrogens (primary N) is 1. The van der Waals surface area contributed by atoms with Crippen molar-refractivity contribution in [3.63, 3.8) is 0 Å². The summed E-state index contributed by atoms with van der Waals surface area (Å²) in [5.74, 6) is 0. The molecule has 0 radical (unpaired) electrons. The molecular formula is C11H17N3O3S2. The highest BCUT2D eigenvalue weighted by Gasteiger charge is 2.43. The molecule has 0 aromatic carbocycles. The first-order valence-electron chi connectivity index (χ1n) is 6.36. The molecule has 1 aromatic heterocycles. The maximum atomic E-state index is 12.7. The van der Waals surface area contributed by atoms with E-state index in [1.165, 1.54) is 0 Å². The molecule has 8 heteroatoms. The van der Waals surface area contributed by atoms with Crippen LogP contribution in [0.4, 0.5) is 5.13 Å². The number of aryl methyl sites for hydroxylation is 1. The zero-order valence-corrected chi connectivity index (χ0v) is 12.3. The van der Waals surface area contributed by atoms with Gasteiger partial charge in [-0.05, 0) is 26.2 Å². The Balaban J connectivity index is 1.97. The lowest BCUT2D eigenvalue weighted by Crippen LogP contribution is -2.51. The van der Waals surface area contributed by atoms with Crippen LogP contribution < -0.4 is 5.73 Å². The second-order valence-electron chi connectivity index (χ2n) is 4.95. The summed E-state index contributed by atoms with van der Waals surface area (Å²) < 4.78 is 33.0. The van der Waals surface area contributed by atoms with E-state index in [1.54, 1.807) is 11.2 Å². The highest BCUT2D eigenvalue weighted by molar-refractivity contribution is 7.91. The van der Waals surface area contributed by atoms with Gasteiger partial charge in [0.2, 0.25) is 0 Å². The fourth-order valence-corrected chi connectivity index (χ4v) is 6.01. The van der Waals surface area contributed by atoms with Gasteiger partial charge in [0, 0.05) is 6.54 Å². The van der Waals surface area contributed by atoms with E-state index in [-0.39, 0.29) is 16.4 Å². The monoisotopic (exact) mass is 303 g/mol. The Morgan fingerprint density at radius 1 is 1.47 bits per heavy atom. The predicted molar refractivity (Wildman–Crippen MR) is 72.5 cm³/mol. The molecule has 2 N–H and O–H groups in total. The minimum atomic E-state index is -3.50. The summed E-state index contributed by atoms with van der Waals surface area (Å²) in [5.41, 5.74) is 6.10. The number of sulfonamides is 1. The van der Waals surface area contributed by atoms with Gasteiger partial charge in [0.05, 0.1) is 24.4 Å². The summed E-state index contributed by atoms with van der Waals surface area (Å²) >= 11 is 1.05. The Hall–Kier alpha value is -0.700. The Kier molecular flexibility index (Phi) is 3.28. The number of nitrogens with zero attached hydrogens (tertiary/aromatic N) is 2. The van der Waals surface area contributed by atoms with Crippen molar-refractivity contribution in [2.24, 2.45) is 0 Å². The molecular weight excluding hydrogens is 286 g/mol. The molecule has 2 heterocycles. The van der Waals surface area contributed by atoms with Crippen molar-refractivity contribution in [3.8, 4) is 0 Å². The van der Waals surface area contributed by atoms with Crippen LogP contribution in [0.15, 0.2) is 4.21 Å². The largest absolute Gasteiger partial charge is 0.375 e. The number of rotatable bonds is 2. The van der Waals surface area contributed by atoms with Crippen LogP contribution in [0.1, 0.15) is 25.0 Å². The molecule has 106 valence electrons. The SMILES string of the molecule is Cc1nc(N)sc1S(=O)(=O)N1CCOC2CCCC21. The van der Waals surface area contributed by atoms with E-state index < -0.39 is 10.0 Å². The average Bonchev–Trinajstić information content (AvgIpc) is 2.94. The first-order valence-corrected chi connectivity index (χ1v) is 8.62. The number of fused-ring (bicyclic) bond motifs is 1. The molecule has 1 saturated carbocycles. The molecule has 1 aromatic rings. The molecule has 6 nitrogen and oxygen atoms in total. The Morgan fingerprint density at radius 3 is 2.95 bits per heavy atom. The van der Waals surface area contributed by atoms with Crippen LogP contribution >= 0.6 is 11.3 Å². The van der Waals surface area contributed by atoms with E-state index in [9.17, 15) is 8.42 Å². The molecule has 1 saturated heterocycles. The third-order valence-electron chi connectivity index (χ3n) is 3.74. The standard InChI is InChI=1S/C11H17N3O3S2/c1-7-10(18-11(12)13-7)19(15,16)14-5-6-17-9-4-2-3-8(9)14/h8-9H,2-6H2,1H3,(H2,12,13). The van der Waals surface area contributed by atoms with Gasteiger partial charge in [-0.2, -0.15) is 4.31 Å². The fraction of sp³-hybridized carbons (Fsp3) is 0.727. The summed E-state index contributed by atoms with van der Waals surface area (Å²) in [6, 6.07) is -0.0264. The summed E-state index contributed by atoms with van der Waals surface area (Å²) in [4.78, 5) is 4.02. The third-order valence-corrected chi connectivity index (χ3v) is 7.24. The van der Waals surface area contributed by atoms with Gasteiger partial charge < -0.3 is 10.5 Å². The smallest absolute Gasteiger partial charge is 0.254 e. The maximum Gasteiger partial charge on any atom is 0.254 e. The van der Waals surface area contributed by atoms with Gasteiger partial charge in [0.15, 0.2) is 9.34 Å². The minimum Gasteiger partial charge on any atom is -0.375 e. The maximum absolute atomic E-state index is 12.7. The van der Waals surface area contributed by atoms with Crippen LogP contribution in [-0.4, -0.2) is 43.0 Å². The van der Waals surface area contributed by atoms with Gasteiger partial charge >= 0.3 is 0 Å². The van der Waals surface area contributed by atoms with Crippen LogP contribution in [0.2, 0.25) is 0 Å². The van der Waals surface area contributed by atoms with Crippen molar-refractivity contribution in [1.82, 2.24) is 9.29 Å². The molecule has 2 aliphatic rings. The van der Waals surface area contributed by atoms with Crippen molar-refractivity contribution in [2.45, 2.75) is 42.5 Å². The van der Waals surface area contributed by atoms with Crippen molar-refractivity contribution in [2.75, 3.05) is 18.9 Å². The molecule has 19 heavy (non-hydrogen) atoms. The van der Waals surface area contributed by atoms with Gasteiger partial charge in [0.25, 0.3) is 10.0 Å². The van der Waals surface area contributed by atoms with Crippen LogP contribution in [0.3, 0.4) is 0 Å². The van der Waals surface area contributed by atoms with Crippen molar-refractivity contribution < 1.29 is 13.2 Å². The molecule has 0 amide bonds. The summed E-state index contributed by atoms with van der Waals surface area (Å²) in [7, 11) is -3.50. The number of hydrogen-bond acceptors (Lipinski definition) is 6. The number of hydrogen-bond donors (Lipinski definition) is 1. The Bertz CT molecular complexity index is 584. The second kappa shape index (κ2) is 4.69. The number of thiazole rings is 1. The van der Waals surface area contributed by atoms with E-state index in [2.05, 4.69) is 4.98 Å². The molecule has 1 aliphatic heterocycles. The van der Waals surface area contributed by atoms with Gasteiger partial charge in [-0.3, -0.25) is 0 Å². The van der Waals surface area contributed by atoms with Gasteiger partial charge in [0.1, 0.15) is 0 Å². The molecule has 2 fully saturated rings. The van der Waals surface area contributed by atoms with Crippen LogP contribution in [0, 0.1) is 6.92 Å². The van der Waals surface area contributed by atoms with Gasteiger partial charge in [-0.1, -0.05) is 11.3 Å². The molecule has 0 bridgehead atoms. The highest BCUT2D eigenvalue weighted by Crippen LogP contribution is 2.36. The number of ether oxygens (including phenoxy) is 1. The van der Waals surface area contributed by atoms with Crippen LogP contribution in [0.5, 0.6) is 0 Å². The molecule has 2 unspecified atom stereocenters. The lowest BCUT2D eigenvalue weighted by atomic mass is 10.2. The predicted octanol–water partition coefficient (Wildman–Crippen LogP) is 0.976. The molecule has 2 atom stereocenters. The minimum absolute atomic E-state index is 0.0264. The highest BCUT2D eigenvalue weighted by atomic mass is 32.2. The van der Waals surface area contributed by atoms with Crippen molar-refractivity contribution >= 4 is 26.5 Å². The zero-order chi connectivity index (χ0) is 13.6. The first kappa shape index (κ1) is 13.3. The number of anilines is 1. The summed E-state index contributed by atoms with van der Waals surface area (Å²) in [6.07, 6.45) is 2.89. The van der Waals surface area contributed by atoms with Crippen LogP contribution in [-0.2, 0) is 14.8 Å². The quantitative estimate of drug-likeness (QED) is 0.880. The molecule has 3 rings (SSSR count). The normalized spacial score (nSPS) is 28.5. The zero-order valence-electron chi connectivity index (χ0n) is 10.7. The Morgan fingerprint density at radius 2 is 2.26 bits per heavy atom. The topological polar surface area (TPSA) is 85.5 Å². The average molecular weight is 303 g/mol. The summed E-state index contributed by atoms with van der Waals surface area (Å²) in [5, 5.41) is 0.298. The number of aromatic nitrogens is 1. The van der Waals surface area contributed by atoms with Crippen molar-refractivity contribution in [3.05, 3.63) is 5.69 Å². The van der Waals surface area contributed by atoms with Crippen LogP contribution in [0.25, 0.3) is 0 Å². The third kappa shape index (κ3) is 2.16. The van der Waals surface area contributed by atoms with E-state index in [0.717, 1.165) is 30.6 Å². The second-order valence-corrected chi connectivity index (χ2v) is 8.06. The molecule has 0 spiro atoms. The van der Waals surface area contributed by atoms with E-state index in [1.807, 2.05) is 0 Å². The van der Waals surface area contributed by atoms with Gasteiger partial charge in [-0.15, -0.1) is 0 Å². The van der Waals surface area contributed by atoms with E-state index in [4.69, 9.17) is 10.5 Å². The van der Waals surface area contributed by atoms with Gasteiger partial charge in [-0.25, -0.2) is 13.4 Å². The molecule has 1 aliphatic carbocycles. The lowest BCUT2D eigenvalue weighted by molar-refractivity contribution is -0.0241. The van der Waals surface area contributed by atoms with Crippen molar-refractivity contribution in [1.29, 1.82) is 0 Å². The summed E-state index contributed by atoms with van der Waals surface area (Å²) in [6.45, 7) is 2.57. The lowest BCUT2D eigenvalue weighted by Gasteiger charge is -2.36.